The molecule has 1 aliphatic rings. The van der Waals surface area contributed by atoms with Crippen molar-refractivity contribution in [3.63, 3.8) is 0 Å². The van der Waals surface area contributed by atoms with Crippen LogP contribution in [0.5, 0.6) is 5.75 Å². The molecule has 1 atom stereocenters. The summed E-state index contributed by atoms with van der Waals surface area (Å²) >= 11 is 0. The summed E-state index contributed by atoms with van der Waals surface area (Å²) in [6, 6.07) is 5.94. The number of fused-ring (bicyclic) bond motifs is 1. The Hall–Kier alpha value is -1.11. The van der Waals surface area contributed by atoms with Crippen molar-refractivity contribution in [2.45, 2.75) is 25.3 Å². The summed E-state index contributed by atoms with van der Waals surface area (Å²) in [6.07, 6.45) is 3.68. The summed E-state index contributed by atoms with van der Waals surface area (Å²) in [5.41, 5.74) is 5.00. The van der Waals surface area contributed by atoms with Gasteiger partial charge < -0.3 is 4.74 Å². The molecule has 1 aromatic rings. The number of nitrogens with one attached hydrogen (secondary N) is 1. The standard InChI is InChI=1S/C13H20N2O3S/c1-19(16,17)9-12(15-14)4-2-10-3-5-13-11(8-10)6-7-18-13/h3,5,8,12,15H,2,4,6-7,9,14H2,1H3. The first kappa shape index (κ1) is 14.3. The molecule has 6 heteroatoms. The predicted molar refractivity (Wildman–Crippen MR) is 74.8 cm³/mol. The highest BCUT2D eigenvalue weighted by molar-refractivity contribution is 7.90. The molecule has 1 aliphatic heterocycles. The molecule has 0 aliphatic carbocycles. The highest BCUT2D eigenvalue weighted by Gasteiger charge is 2.15. The average molecular weight is 284 g/mol. The van der Waals surface area contributed by atoms with Crippen LogP contribution < -0.4 is 16.0 Å². The van der Waals surface area contributed by atoms with Crippen LogP contribution in [0, 0.1) is 0 Å². The van der Waals surface area contributed by atoms with E-state index in [1.165, 1.54) is 17.4 Å². The number of aryl methyl sites for hydroxylation is 1. The molecule has 0 spiro atoms. The number of hydrogen-bond donors (Lipinski definition) is 2. The molecule has 1 unspecified atom stereocenters. The Labute approximate surface area is 114 Å². The lowest BCUT2D eigenvalue weighted by Crippen LogP contribution is -2.40. The highest BCUT2D eigenvalue weighted by atomic mass is 32.2. The molecule has 5 nitrogen and oxygen atoms in total. The minimum atomic E-state index is -3.01. The predicted octanol–water partition coefficient (Wildman–Crippen LogP) is 0.431. The normalized spacial score (nSPS) is 15.9. The maximum Gasteiger partial charge on any atom is 0.149 e. The third-order valence-electron chi connectivity index (χ3n) is 3.27. The lowest BCUT2D eigenvalue weighted by Gasteiger charge is -2.14. The first-order valence-corrected chi connectivity index (χ1v) is 8.42. The molecule has 19 heavy (non-hydrogen) atoms. The molecular weight excluding hydrogens is 264 g/mol. The fourth-order valence-corrected chi connectivity index (χ4v) is 3.31. The third kappa shape index (κ3) is 4.19. The van der Waals surface area contributed by atoms with E-state index in [1.54, 1.807) is 0 Å². The van der Waals surface area contributed by atoms with Crippen LogP contribution in [0.1, 0.15) is 17.5 Å². The number of benzene rings is 1. The van der Waals surface area contributed by atoms with Crippen LogP contribution in [0.25, 0.3) is 0 Å². The number of hydrogen-bond acceptors (Lipinski definition) is 5. The van der Waals surface area contributed by atoms with Crippen molar-refractivity contribution in [2.75, 3.05) is 18.6 Å². The van der Waals surface area contributed by atoms with Crippen molar-refractivity contribution in [1.29, 1.82) is 0 Å². The van der Waals surface area contributed by atoms with E-state index >= 15 is 0 Å². The quantitative estimate of drug-likeness (QED) is 0.585. The van der Waals surface area contributed by atoms with E-state index in [-0.39, 0.29) is 11.8 Å². The van der Waals surface area contributed by atoms with E-state index in [0.717, 1.165) is 25.2 Å². The summed E-state index contributed by atoms with van der Waals surface area (Å²) < 4.78 is 28.0. The van der Waals surface area contributed by atoms with Gasteiger partial charge >= 0.3 is 0 Å². The molecule has 0 fully saturated rings. The fraction of sp³-hybridized carbons (Fsp3) is 0.538. The molecule has 1 heterocycles. The van der Waals surface area contributed by atoms with Crippen LogP contribution in [0.3, 0.4) is 0 Å². The molecule has 0 bridgehead atoms. The van der Waals surface area contributed by atoms with Crippen molar-refractivity contribution in [1.82, 2.24) is 5.43 Å². The van der Waals surface area contributed by atoms with Crippen molar-refractivity contribution in [3.05, 3.63) is 29.3 Å². The lowest BCUT2D eigenvalue weighted by molar-refractivity contribution is 0.357. The van der Waals surface area contributed by atoms with Gasteiger partial charge in [0.15, 0.2) is 0 Å². The molecule has 106 valence electrons. The number of ether oxygens (including phenoxy) is 1. The fourth-order valence-electron chi connectivity index (χ4n) is 2.32. The Kier molecular flexibility index (Phi) is 4.44. The van der Waals surface area contributed by atoms with Crippen molar-refractivity contribution >= 4 is 9.84 Å². The van der Waals surface area contributed by atoms with Gasteiger partial charge in [0.1, 0.15) is 15.6 Å². The van der Waals surface area contributed by atoms with Gasteiger partial charge in [0, 0.05) is 18.7 Å². The number of hydrazine groups is 1. The molecule has 0 aromatic heterocycles. The largest absolute Gasteiger partial charge is 0.493 e. The number of nitrogens with two attached hydrogens (primary N) is 1. The summed E-state index contributed by atoms with van der Waals surface area (Å²) in [4.78, 5) is 0. The Morgan fingerprint density at radius 1 is 1.47 bits per heavy atom. The van der Waals surface area contributed by atoms with Gasteiger partial charge in [-0.3, -0.25) is 11.3 Å². The Bertz CT molecular complexity index is 543. The van der Waals surface area contributed by atoms with E-state index < -0.39 is 9.84 Å². The second kappa shape index (κ2) is 5.90. The monoisotopic (exact) mass is 284 g/mol. The second-order valence-electron chi connectivity index (χ2n) is 5.04. The van der Waals surface area contributed by atoms with Crippen molar-refractivity contribution in [3.8, 4) is 5.75 Å². The van der Waals surface area contributed by atoms with Gasteiger partial charge in [-0.1, -0.05) is 12.1 Å². The number of sulfone groups is 1. The molecule has 0 saturated heterocycles. The van der Waals surface area contributed by atoms with E-state index in [0.29, 0.717) is 6.42 Å². The molecule has 2 rings (SSSR count). The van der Waals surface area contributed by atoms with Gasteiger partial charge in [0.05, 0.1) is 12.4 Å². The van der Waals surface area contributed by atoms with E-state index in [1.807, 2.05) is 12.1 Å². The second-order valence-corrected chi connectivity index (χ2v) is 7.22. The Morgan fingerprint density at radius 2 is 2.26 bits per heavy atom. The van der Waals surface area contributed by atoms with Crippen LogP contribution >= 0.6 is 0 Å². The molecule has 3 N–H and O–H groups in total. The summed E-state index contributed by atoms with van der Waals surface area (Å²) in [5.74, 6) is 6.43. The van der Waals surface area contributed by atoms with Crippen LogP contribution in [-0.4, -0.2) is 33.1 Å². The van der Waals surface area contributed by atoms with Crippen LogP contribution in [0.2, 0.25) is 0 Å². The minimum Gasteiger partial charge on any atom is -0.493 e. The molecule has 0 saturated carbocycles. The van der Waals surface area contributed by atoms with Gasteiger partial charge in [-0.15, -0.1) is 0 Å². The van der Waals surface area contributed by atoms with Gasteiger partial charge in [-0.25, -0.2) is 8.42 Å². The first-order valence-electron chi connectivity index (χ1n) is 6.36. The van der Waals surface area contributed by atoms with Crippen LogP contribution in [0.4, 0.5) is 0 Å². The van der Waals surface area contributed by atoms with Gasteiger partial charge in [-0.2, -0.15) is 0 Å². The summed E-state index contributed by atoms with van der Waals surface area (Å²) in [5, 5.41) is 0. The van der Waals surface area contributed by atoms with Gasteiger partial charge in [0.25, 0.3) is 0 Å². The zero-order chi connectivity index (χ0) is 13.9. The van der Waals surface area contributed by atoms with Crippen molar-refractivity contribution < 1.29 is 13.2 Å². The van der Waals surface area contributed by atoms with E-state index in [2.05, 4.69) is 11.5 Å². The molecule has 0 amide bonds. The molecule has 0 radical (unpaired) electrons. The van der Waals surface area contributed by atoms with E-state index in [9.17, 15) is 8.42 Å². The Balaban J connectivity index is 1.94. The molecule has 1 aromatic carbocycles. The van der Waals surface area contributed by atoms with Crippen LogP contribution in [-0.2, 0) is 22.7 Å². The van der Waals surface area contributed by atoms with Crippen molar-refractivity contribution in [2.24, 2.45) is 5.84 Å². The van der Waals surface area contributed by atoms with Crippen LogP contribution in [0.15, 0.2) is 18.2 Å². The first-order chi connectivity index (χ1) is 8.98. The highest BCUT2D eigenvalue weighted by Crippen LogP contribution is 2.26. The smallest absolute Gasteiger partial charge is 0.149 e. The topological polar surface area (TPSA) is 81.4 Å². The summed E-state index contributed by atoms with van der Waals surface area (Å²) in [7, 11) is -3.01. The third-order valence-corrected chi connectivity index (χ3v) is 4.28. The number of rotatable bonds is 6. The lowest BCUT2D eigenvalue weighted by atomic mass is 10.0. The maximum atomic E-state index is 11.3. The van der Waals surface area contributed by atoms with E-state index in [4.69, 9.17) is 10.6 Å². The van der Waals surface area contributed by atoms with Gasteiger partial charge in [-0.05, 0) is 30.0 Å². The zero-order valence-corrected chi connectivity index (χ0v) is 11.9. The Morgan fingerprint density at radius 3 is 2.95 bits per heavy atom. The summed E-state index contributed by atoms with van der Waals surface area (Å²) in [6.45, 7) is 0.750. The SMILES string of the molecule is CS(=O)(=O)CC(CCc1ccc2c(c1)CCO2)NN. The maximum absolute atomic E-state index is 11.3. The molecular formula is C13H20N2O3S. The minimum absolute atomic E-state index is 0.0670. The average Bonchev–Trinajstić information content (AvgIpc) is 2.80. The van der Waals surface area contributed by atoms with Gasteiger partial charge in [0.2, 0.25) is 0 Å². The zero-order valence-electron chi connectivity index (χ0n) is 11.1.